The third kappa shape index (κ3) is 8.90. The summed E-state index contributed by atoms with van der Waals surface area (Å²) in [6.07, 6.45) is 10.9. The Kier molecular flexibility index (Phi) is 11.1. The van der Waals surface area contributed by atoms with Crippen molar-refractivity contribution in [2.45, 2.75) is 85.6 Å². The quantitative estimate of drug-likeness (QED) is 0.316. The Hall–Kier alpha value is -0.820. The SMILES string of the molecule is CCCCC(CC)C[N+](C)(Cc1ccccc1)CC(CC)CCCC. The van der Waals surface area contributed by atoms with Gasteiger partial charge in [0.05, 0.1) is 20.1 Å². The lowest BCUT2D eigenvalue weighted by Crippen LogP contribution is -2.49. The molecule has 0 N–H and O–H groups in total. The summed E-state index contributed by atoms with van der Waals surface area (Å²) in [6.45, 7) is 13.3. The number of hydrogen-bond donors (Lipinski definition) is 0. The molecule has 1 aromatic rings. The van der Waals surface area contributed by atoms with Crippen LogP contribution >= 0.6 is 0 Å². The standard InChI is InChI=1S/C24H44N/c1-6-10-15-22(8-3)19-25(5,20-23(9-4)16-11-7-2)21-24-17-13-12-14-18-24/h12-14,17-18,22-23H,6-11,15-16,19-21H2,1-5H3/q+1. The third-order valence-corrected chi connectivity index (χ3v) is 5.89. The van der Waals surface area contributed by atoms with E-state index in [4.69, 9.17) is 0 Å². The molecule has 0 aliphatic carbocycles. The van der Waals surface area contributed by atoms with E-state index in [9.17, 15) is 0 Å². The predicted octanol–water partition coefficient (Wildman–Crippen LogP) is 7.07. The zero-order valence-electron chi connectivity index (χ0n) is 17.8. The molecule has 144 valence electrons. The molecule has 1 rings (SSSR count). The van der Waals surface area contributed by atoms with Crippen LogP contribution in [0.1, 0.15) is 84.6 Å². The molecule has 2 unspecified atom stereocenters. The van der Waals surface area contributed by atoms with Gasteiger partial charge in [0, 0.05) is 17.4 Å². The maximum Gasteiger partial charge on any atom is 0.104 e. The topological polar surface area (TPSA) is 0 Å². The Morgan fingerprint density at radius 3 is 1.64 bits per heavy atom. The zero-order valence-corrected chi connectivity index (χ0v) is 17.8. The summed E-state index contributed by atoms with van der Waals surface area (Å²) in [4.78, 5) is 0. The van der Waals surface area contributed by atoms with Crippen molar-refractivity contribution in [3.05, 3.63) is 35.9 Å². The lowest BCUT2D eigenvalue weighted by molar-refractivity contribution is -0.929. The van der Waals surface area contributed by atoms with Gasteiger partial charge in [-0.2, -0.15) is 0 Å². The van der Waals surface area contributed by atoms with Crippen LogP contribution in [0.5, 0.6) is 0 Å². The number of nitrogens with zero attached hydrogens (tertiary/aromatic N) is 1. The van der Waals surface area contributed by atoms with Gasteiger partial charge in [-0.25, -0.2) is 0 Å². The number of hydrogen-bond acceptors (Lipinski definition) is 0. The van der Waals surface area contributed by atoms with Crippen molar-refractivity contribution in [3.8, 4) is 0 Å². The zero-order chi connectivity index (χ0) is 18.5. The minimum absolute atomic E-state index is 0.873. The third-order valence-electron chi connectivity index (χ3n) is 5.89. The molecule has 0 fully saturated rings. The van der Waals surface area contributed by atoms with Crippen molar-refractivity contribution in [3.63, 3.8) is 0 Å². The Morgan fingerprint density at radius 1 is 0.760 bits per heavy atom. The fourth-order valence-electron chi connectivity index (χ4n) is 4.31. The van der Waals surface area contributed by atoms with E-state index in [0.29, 0.717) is 0 Å². The second-order valence-corrected chi connectivity index (χ2v) is 8.46. The van der Waals surface area contributed by atoms with Gasteiger partial charge in [0.25, 0.3) is 0 Å². The molecule has 0 saturated heterocycles. The van der Waals surface area contributed by atoms with Crippen LogP contribution in [0.4, 0.5) is 0 Å². The van der Waals surface area contributed by atoms with E-state index in [1.54, 1.807) is 0 Å². The Bertz CT molecular complexity index is 407. The van der Waals surface area contributed by atoms with Crippen molar-refractivity contribution in [1.29, 1.82) is 0 Å². The summed E-state index contributed by atoms with van der Waals surface area (Å²) >= 11 is 0. The molecule has 1 heteroatoms. The van der Waals surface area contributed by atoms with Crippen LogP contribution in [-0.4, -0.2) is 24.6 Å². The second kappa shape index (κ2) is 12.5. The molecule has 2 atom stereocenters. The molecule has 0 aliphatic rings. The van der Waals surface area contributed by atoms with E-state index in [2.05, 4.69) is 65.1 Å². The van der Waals surface area contributed by atoms with E-state index < -0.39 is 0 Å². The first-order valence-electron chi connectivity index (χ1n) is 10.9. The Balaban J connectivity index is 2.86. The summed E-state index contributed by atoms with van der Waals surface area (Å²) in [7, 11) is 2.52. The largest absolute Gasteiger partial charge is 0.322 e. The molecule has 0 heterocycles. The highest BCUT2D eigenvalue weighted by Crippen LogP contribution is 2.25. The van der Waals surface area contributed by atoms with Crippen LogP contribution in [0.2, 0.25) is 0 Å². The summed E-state index contributed by atoms with van der Waals surface area (Å²) < 4.78 is 1.22. The van der Waals surface area contributed by atoms with Gasteiger partial charge in [0.1, 0.15) is 6.54 Å². The molecule has 0 spiro atoms. The van der Waals surface area contributed by atoms with Gasteiger partial charge in [-0.3, -0.25) is 0 Å². The van der Waals surface area contributed by atoms with Crippen LogP contribution in [0, 0.1) is 11.8 Å². The van der Waals surface area contributed by atoms with Crippen LogP contribution in [0.25, 0.3) is 0 Å². The average Bonchev–Trinajstić information content (AvgIpc) is 2.63. The number of benzene rings is 1. The number of quaternary nitrogens is 1. The minimum Gasteiger partial charge on any atom is -0.322 e. The van der Waals surface area contributed by atoms with E-state index in [0.717, 1.165) is 11.8 Å². The van der Waals surface area contributed by atoms with Crippen LogP contribution in [-0.2, 0) is 6.54 Å². The molecule has 1 aromatic carbocycles. The van der Waals surface area contributed by atoms with Crippen molar-refractivity contribution in [2.24, 2.45) is 11.8 Å². The van der Waals surface area contributed by atoms with Gasteiger partial charge in [-0.15, -0.1) is 0 Å². The van der Waals surface area contributed by atoms with Crippen molar-refractivity contribution in [2.75, 3.05) is 20.1 Å². The fraction of sp³-hybridized carbons (Fsp3) is 0.750. The fourth-order valence-corrected chi connectivity index (χ4v) is 4.31. The molecule has 0 bridgehead atoms. The average molecular weight is 347 g/mol. The van der Waals surface area contributed by atoms with Gasteiger partial charge in [-0.1, -0.05) is 83.7 Å². The van der Waals surface area contributed by atoms with Crippen LogP contribution < -0.4 is 0 Å². The summed E-state index contributed by atoms with van der Waals surface area (Å²) in [5, 5.41) is 0. The minimum atomic E-state index is 0.873. The van der Waals surface area contributed by atoms with E-state index >= 15 is 0 Å². The summed E-state index contributed by atoms with van der Waals surface area (Å²) in [5.74, 6) is 1.75. The molecular weight excluding hydrogens is 302 g/mol. The van der Waals surface area contributed by atoms with E-state index in [1.165, 1.54) is 81.0 Å². The number of unbranched alkanes of at least 4 members (excludes halogenated alkanes) is 2. The van der Waals surface area contributed by atoms with Gasteiger partial charge in [0.2, 0.25) is 0 Å². The lowest BCUT2D eigenvalue weighted by atomic mass is 9.93. The Morgan fingerprint density at radius 2 is 1.24 bits per heavy atom. The maximum absolute atomic E-state index is 2.52. The lowest BCUT2D eigenvalue weighted by Gasteiger charge is -2.40. The molecule has 0 aromatic heterocycles. The molecule has 0 radical (unpaired) electrons. The summed E-state index contributed by atoms with van der Waals surface area (Å²) in [6, 6.07) is 11.2. The predicted molar refractivity (Wildman–Crippen MR) is 113 cm³/mol. The van der Waals surface area contributed by atoms with Crippen molar-refractivity contribution in [1.82, 2.24) is 0 Å². The monoisotopic (exact) mass is 346 g/mol. The van der Waals surface area contributed by atoms with Gasteiger partial charge in [0.15, 0.2) is 0 Å². The first-order valence-corrected chi connectivity index (χ1v) is 10.9. The smallest absolute Gasteiger partial charge is 0.104 e. The van der Waals surface area contributed by atoms with Crippen LogP contribution in [0.15, 0.2) is 30.3 Å². The molecule has 0 amide bonds. The number of rotatable bonds is 14. The van der Waals surface area contributed by atoms with Gasteiger partial charge in [-0.05, 0) is 25.7 Å². The first kappa shape index (κ1) is 22.2. The highest BCUT2D eigenvalue weighted by Gasteiger charge is 2.29. The molecule has 25 heavy (non-hydrogen) atoms. The second-order valence-electron chi connectivity index (χ2n) is 8.46. The van der Waals surface area contributed by atoms with Crippen LogP contribution in [0.3, 0.4) is 0 Å². The summed E-state index contributed by atoms with van der Waals surface area (Å²) in [5.41, 5.74) is 1.50. The van der Waals surface area contributed by atoms with Crippen molar-refractivity contribution < 1.29 is 4.48 Å². The first-order chi connectivity index (χ1) is 12.1. The maximum atomic E-state index is 2.52. The Labute approximate surface area is 158 Å². The van der Waals surface area contributed by atoms with E-state index in [-0.39, 0.29) is 0 Å². The van der Waals surface area contributed by atoms with Gasteiger partial charge >= 0.3 is 0 Å². The molecule has 1 nitrogen and oxygen atoms in total. The highest BCUT2D eigenvalue weighted by molar-refractivity contribution is 5.13. The molecular formula is C24H44N+. The van der Waals surface area contributed by atoms with Gasteiger partial charge < -0.3 is 4.48 Å². The highest BCUT2D eigenvalue weighted by atomic mass is 15.3. The van der Waals surface area contributed by atoms with Crippen molar-refractivity contribution >= 4 is 0 Å². The normalized spacial score (nSPS) is 16.4. The molecule has 0 aliphatic heterocycles. The van der Waals surface area contributed by atoms with E-state index in [1.807, 2.05) is 0 Å². The molecule has 0 saturated carbocycles.